The third-order valence-electron chi connectivity index (χ3n) is 1.59. The molecule has 3 nitrogen and oxygen atoms in total. The monoisotopic (exact) mass is 145 g/mol. The first-order valence-corrected chi connectivity index (χ1v) is 3.62. The summed E-state index contributed by atoms with van der Waals surface area (Å²) < 4.78 is 0. The molecule has 0 spiro atoms. The lowest BCUT2D eigenvalue weighted by atomic mass is 9.76. The molecule has 0 saturated heterocycles. The van der Waals surface area contributed by atoms with Crippen LogP contribution < -0.4 is 0 Å². The number of hydrogen-bond acceptors (Lipinski definition) is 3. The first-order valence-electron chi connectivity index (χ1n) is 3.62. The van der Waals surface area contributed by atoms with Crippen molar-refractivity contribution in [1.82, 2.24) is 4.90 Å². The molecular formula is C6H16BNO2. The van der Waals surface area contributed by atoms with Gasteiger partial charge in [0.2, 0.25) is 0 Å². The Morgan fingerprint density at radius 3 is 2.00 bits per heavy atom. The molecule has 0 fully saturated rings. The molecule has 0 aromatic carbocycles. The van der Waals surface area contributed by atoms with E-state index >= 15 is 0 Å². The largest absolute Gasteiger partial charge is 0.469 e. The van der Waals surface area contributed by atoms with Crippen LogP contribution in [0.4, 0.5) is 0 Å². The predicted octanol–water partition coefficient (Wildman–Crippen LogP) is -0.271. The van der Waals surface area contributed by atoms with Crippen molar-refractivity contribution in [1.29, 1.82) is 0 Å². The fraction of sp³-hybridized carbons (Fsp3) is 1.00. The van der Waals surface area contributed by atoms with Crippen molar-refractivity contribution >= 4 is 7.12 Å². The van der Waals surface area contributed by atoms with Crippen molar-refractivity contribution in [3.63, 3.8) is 0 Å². The second kappa shape index (κ2) is 4.71. The zero-order valence-corrected chi connectivity index (χ0v) is 6.91. The molecule has 0 bridgehead atoms. The summed E-state index contributed by atoms with van der Waals surface area (Å²) in [4.78, 5) is 1.83. The van der Waals surface area contributed by atoms with Gasteiger partial charge in [-0.15, -0.1) is 0 Å². The van der Waals surface area contributed by atoms with Crippen LogP contribution in [0.2, 0.25) is 0 Å². The molecule has 0 aliphatic heterocycles. The Morgan fingerprint density at radius 2 is 1.90 bits per heavy atom. The van der Waals surface area contributed by atoms with E-state index in [0.29, 0.717) is 0 Å². The number of nitrogens with zero attached hydrogens (tertiary/aromatic N) is 1. The fourth-order valence-electron chi connectivity index (χ4n) is 0.970. The molecule has 0 aromatic heterocycles. The van der Waals surface area contributed by atoms with Crippen LogP contribution >= 0.6 is 0 Å². The third-order valence-corrected chi connectivity index (χ3v) is 1.59. The summed E-state index contributed by atoms with van der Waals surface area (Å²) in [5.74, 6) is -0.120. The molecule has 1 atom stereocenters. The second-order valence-corrected chi connectivity index (χ2v) is 2.73. The quantitative estimate of drug-likeness (QED) is 0.535. The van der Waals surface area contributed by atoms with Gasteiger partial charge in [0.1, 0.15) is 0 Å². The van der Waals surface area contributed by atoms with E-state index in [1.807, 2.05) is 25.9 Å². The summed E-state index contributed by atoms with van der Waals surface area (Å²) in [6, 6.07) is 0. The molecule has 10 heavy (non-hydrogen) atoms. The Morgan fingerprint density at radius 1 is 1.40 bits per heavy atom. The van der Waals surface area contributed by atoms with Crippen LogP contribution in [0.15, 0.2) is 0 Å². The highest BCUT2D eigenvalue weighted by Crippen LogP contribution is 2.03. The van der Waals surface area contributed by atoms with Gasteiger partial charge in [-0.05, 0) is 20.5 Å². The highest BCUT2D eigenvalue weighted by molar-refractivity contribution is 6.43. The van der Waals surface area contributed by atoms with Gasteiger partial charge < -0.3 is 14.9 Å². The maximum Gasteiger partial charge on any atom is 0.469 e. The summed E-state index contributed by atoms with van der Waals surface area (Å²) in [5.41, 5.74) is 0. The molecule has 0 aliphatic rings. The topological polar surface area (TPSA) is 43.7 Å². The summed E-state index contributed by atoms with van der Waals surface area (Å²) >= 11 is 0. The van der Waals surface area contributed by atoms with E-state index < -0.39 is 7.12 Å². The highest BCUT2D eigenvalue weighted by Gasteiger charge is 2.23. The minimum absolute atomic E-state index is 0.120. The summed E-state index contributed by atoms with van der Waals surface area (Å²) in [5, 5.41) is 17.7. The lowest BCUT2D eigenvalue weighted by Crippen LogP contribution is -2.42. The predicted molar refractivity (Wildman–Crippen MR) is 42.6 cm³/mol. The van der Waals surface area contributed by atoms with E-state index in [2.05, 4.69) is 0 Å². The van der Waals surface area contributed by atoms with E-state index in [9.17, 15) is 0 Å². The van der Waals surface area contributed by atoms with E-state index in [0.717, 1.165) is 12.8 Å². The zero-order valence-electron chi connectivity index (χ0n) is 6.91. The van der Waals surface area contributed by atoms with Gasteiger partial charge >= 0.3 is 7.12 Å². The van der Waals surface area contributed by atoms with Crippen molar-refractivity contribution in [3.8, 4) is 0 Å². The lowest BCUT2D eigenvalue weighted by Gasteiger charge is -2.22. The number of hydrogen-bond donors (Lipinski definition) is 2. The van der Waals surface area contributed by atoms with Crippen molar-refractivity contribution in [2.45, 2.75) is 25.7 Å². The van der Waals surface area contributed by atoms with E-state index in [1.165, 1.54) is 0 Å². The Hall–Kier alpha value is -0.0551. The van der Waals surface area contributed by atoms with Crippen LogP contribution in [0, 0.1) is 0 Å². The SMILES string of the molecule is CCCC(B(O)O)N(C)C. The summed E-state index contributed by atoms with van der Waals surface area (Å²) in [7, 11) is 2.48. The maximum atomic E-state index is 8.83. The van der Waals surface area contributed by atoms with Gasteiger partial charge in [0.05, 0.1) is 0 Å². The zero-order chi connectivity index (χ0) is 8.15. The van der Waals surface area contributed by atoms with Crippen LogP contribution in [0.1, 0.15) is 19.8 Å². The molecule has 0 rings (SSSR count). The standard InChI is InChI=1S/C6H16BNO2/c1-4-5-6(7(9)10)8(2)3/h6,9-10H,4-5H2,1-3H3. The highest BCUT2D eigenvalue weighted by atomic mass is 16.4. The average molecular weight is 145 g/mol. The van der Waals surface area contributed by atoms with Crippen molar-refractivity contribution in [2.75, 3.05) is 14.1 Å². The van der Waals surface area contributed by atoms with Gasteiger partial charge in [0.25, 0.3) is 0 Å². The Bertz CT molecular complexity index is 79.8. The molecular weight excluding hydrogens is 129 g/mol. The molecule has 4 heteroatoms. The van der Waals surface area contributed by atoms with E-state index in [1.54, 1.807) is 0 Å². The minimum Gasteiger partial charge on any atom is -0.426 e. The van der Waals surface area contributed by atoms with Crippen LogP contribution in [-0.2, 0) is 0 Å². The van der Waals surface area contributed by atoms with Crippen molar-refractivity contribution < 1.29 is 10.0 Å². The van der Waals surface area contributed by atoms with Crippen molar-refractivity contribution in [2.24, 2.45) is 0 Å². The smallest absolute Gasteiger partial charge is 0.426 e. The van der Waals surface area contributed by atoms with Crippen LogP contribution in [0.5, 0.6) is 0 Å². The molecule has 1 unspecified atom stereocenters. The third kappa shape index (κ3) is 3.20. The van der Waals surface area contributed by atoms with Gasteiger partial charge in [0.15, 0.2) is 0 Å². The molecule has 0 aliphatic carbocycles. The van der Waals surface area contributed by atoms with E-state index in [4.69, 9.17) is 10.0 Å². The van der Waals surface area contributed by atoms with Crippen LogP contribution in [-0.4, -0.2) is 42.1 Å². The second-order valence-electron chi connectivity index (χ2n) is 2.73. The lowest BCUT2D eigenvalue weighted by molar-refractivity contribution is 0.274. The average Bonchev–Trinajstić information content (AvgIpc) is 1.81. The van der Waals surface area contributed by atoms with Gasteiger partial charge in [-0.25, -0.2) is 0 Å². The van der Waals surface area contributed by atoms with Gasteiger partial charge in [-0.1, -0.05) is 13.3 Å². The molecule has 2 N–H and O–H groups in total. The molecule has 0 saturated carbocycles. The van der Waals surface area contributed by atoms with Crippen molar-refractivity contribution in [3.05, 3.63) is 0 Å². The minimum atomic E-state index is -1.21. The van der Waals surface area contributed by atoms with Gasteiger partial charge in [-0.2, -0.15) is 0 Å². The molecule has 0 aromatic rings. The fourth-order valence-corrected chi connectivity index (χ4v) is 0.970. The molecule has 60 valence electrons. The first kappa shape index (κ1) is 9.94. The van der Waals surface area contributed by atoms with E-state index in [-0.39, 0.29) is 5.94 Å². The van der Waals surface area contributed by atoms with Gasteiger partial charge in [0, 0.05) is 5.94 Å². The first-order chi connectivity index (χ1) is 4.59. The van der Waals surface area contributed by atoms with Crippen LogP contribution in [0.25, 0.3) is 0 Å². The Kier molecular flexibility index (Phi) is 4.69. The molecule has 0 amide bonds. The normalized spacial score (nSPS) is 13.8. The molecule has 0 radical (unpaired) electrons. The Labute approximate surface area is 62.8 Å². The summed E-state index contributed by atoms with van der Waals surface area (Å²) in [6.07, 6.45) is 1.80. The molecule has 0 heterocycles. The van der Waals surface area contributed by atoms with Crippen LogP contribution in [0.3, 0.4) is 0 Å². The maximum absolute atomic E-state index is 8.83. The number of rotatable bonds is 4. The summed E-state index contributed by atoms with van der Waals surface area (Å²) in [6.45, 7) is 2.03. The Balaban J connectivity index is 3.73. The van der Waals surface area contributed by atoms with Gasteiger partial charge in [-0.3, -0.25) is 0 Å².